The van der Waals surface area contributed by atoms with Crippen LogP contribution in [0.5, 0.6) is 0 Å². The smallest absolute Gasteiger partial charge is 0.409 e. The predicted octanol–water partition coefficient (Wildman–Crippen LogP) is 0.940. The second-order valence-corrected chi connectivity index (χ2v) is 5.68. The van der Waals surface area contributed by atoms with E-state index >= 15 is 0 Å². The van der Waals surface area contributed by atoms with Gasteiger partial charge < -0.3 is 19.5 Å². The molecular weight excluding hydrogens is 284 g/mol. The largest absolute Gasteiger partial charge is 0.450 e. The predicted molar refractivity (Wildman–Crippen MR) is 84.5 cm³/mol. The number of nitrogens with zero attached hydrogens (tertiary/aromatic N) is 2. The van der Waals surface area contributed by atoms with Crippen molar-refractivity contribution in [1.29, 1.82) is 0 Å². The summed E-state index contributed by atoms with van der Waals surface area (Å²) < 4.78 is 10.6. The normalized spacial score (nSPS) is 20.0. The molecule has 0 saturated carbocycles. The molecule has 0 aliphatic carbocycles. The van der Waals surface area contributed by atoms with Crippen LogP contribution in [-0.4, -0.2) is 78.6 Å². The molecule has 0 bridgehead atoms. The number of aliphatic hydroxyl groups excluding tert-OH is 1. The van der Waals surface area contributed by atoms with Crippen molar-refractivity contribution in [3.05, 3.63) is 0 Å². The maximum Gasteiger partial charge on any atom is 0.409 e. The summed E-state index contributed by atoms with van der Waals surface area (Å²) in [7, 11) is 0. The van der Waals surface area contributed by atoms with Crippen LogP contribution in [0, 0.1) is 12.3 Å². The van der Waals surface area contributed by atoms with Gasteiger partial charge in [-0.3, -0.25) is 4.90 Å². The van der Waals surface area contributed by atoms with Crippen LogP contribution >= 0.6 is 0 Å². The molecule has 0 unspecified atom stereocenters. The molecule has 1 saturated heterocycles. The van der Waals surface area contributed by atoms with Gasteiger partial charge >= 0.3 is 6.09 Å². The fraction of sp³-hybridized carbons (Fsp3) is 0.812. The first kappa shape index (κ1) is 18.8. The lowest BCUT2D eigenvalue weighted by Crippen LogP contribution is -2.51. The number of terminal acetylenes is 1. The number of carbonyl (C=O) groups excluding carboxylic acids is 1. The highest BCUT2D eigenvalue weighted by atomic mass is 16.6. The molecule has 22 heavy (non-hydrogen) atoms. The SMILES string of the molecule is C#C[C@](C)(CC)OC[C@H](O)CN1CCN(C(=O)OCC)CC1. The van der Waals surface area contributed by atoms with Crippen molar-refractivity contribution in [1.82, 2.24) is 9.80 Å². The number of hydrogen-bond acceptors (Lipinski definition) is 5. The molecule has 1 rings (SSSR count). The van der Waals surface area contributed by atoms with Crippen LogP contribution in [0.3, 0.4) is 0 Å². The Kier molecular flexibility index (Phi) is 7.66. The summed E-state index contributed by atoms with van der Waals surface area (Å²) in [6.07, 6.45) is 5.29. The highest BCUT2D eigenvalue weighted by Crippen LogP contribution is 2.14. The van der Waals surface area contributed by atoms with Crippen molar-refractivity contribution in [2.45, 2.75) is 38.9 Å². The highest BCUT2D eigenvalue weighted by Gasteiger charge is 2.25. The summed E-state index contributed by atoms with van der Waals surface area (Å²) in [6.45, 7) is 9.39. The van der Waals surface area contributed by atoms with Crippen LogP contribution in [0.1, 0.15) is 27.2 Å². The molecule has 1 aliphatic heterocycles. The van der Waals surface area contributed by atoms with Gasteiger partial charge in [0.15, 0.2) is 0 Å². The summed E-state index contributed by atoms with van der Waals surface area (Å²) in [4.78, 5) is 15.4. The van der Waals surface area contributed by atoms with Gasteiger partial charge in [-0.15, -0.1) is 6.42 Å². The molecule has 6 heteroatoms. The summed E-state index contributed by atoms with van der Waals surface area (Å²) in [5.41, 5.74) is -0.621. The van der Waals surface area contributed by atoms with Crippen LogP contribution in [0.4, 0.5) is 4.79 Å². The fourth-order valence-electron chi connectivity index (χ4n) is 2.20. The Bertz CT molecular complexity index is 388. The van der Waals surface area contributed by atoms with E-state index in [4.69, 9.17) is 15.9 Å². The number of hydrogen-bond donors (Lipinski definition) is 1. The van der Waals surface area contributed by atoms with Gasteiger partial charge in [-0.1, -0.05) is 12.8 Å². The van der Waals surface area contributed by atoms with Gasteiger partial charge in [0.1, 0.15) is 5.60 Å². The second-order valence-electron chi connectivity index (χ2n) is 5.68. The quantitative estimate of drug-likeness (QED) is 0.709. The molecule has 0 aromatic carbocycles. The number of amides is 1. The molecule has 1 heterocycles. The monoisotopic (exact) mass is 312 g/mol. The Balaban J connectivity index is 2.29. The van der Waals surface area contributed by atoms with Gasteiger partial charge in [0.25, 0.3) is 0 Å². The Hall–Kier alpha value is -1.29. The van der Waals surface area contributed by atoms with Gasteiger partial charge in [-0.2, -0.15) is 0 Å². The Labute approximate surface area is 133 Å². The van der Waals surface area contributed by atoms with Gasteiger partial charge in [0, 0.05) is 32.7 Å². The van der Waals surface area contributed by atoms with Crippen LogP contribution in [0.15, 0.2) is 0 Å². The lowest BCUT2D eigenvalue weighted by atomic mass is 10.1. The summed E-state index contributed by atoms with van der Waals surface area (Å²) >= 11 is 0. The van der Waals surface area contributed by atoms with E-state index in [0.717, 1.165) is 13.1 Å². The summed E-state index contributed by atoms with van der Waals surface area (Å²) in [5.74, 6) is 2.61. The molecule has 126 valence electrons. The number of β-amino-alcohol motifs (C(OH)–C–C–N with tert-alkyl or cyclic N) is 1. The molecule has 0 spiro atoms. The average molecular weight is 312 g/mol. The maximum absolute atomic E-state index is 11.6. The minimum atomic E-state index is -0.621. The molecule has 2 atom stereocenters. The third-order valence-electron chi connectivity index (χ3n) is 3.94. The first-order valence-electron chi connectivity index (χ1n) is 7.88. The van der Waals surface area contributed by atoms with Crippen molar-refractivity contribution in [2.75, 3.05) is 45.9 Å². The van der Waals surface area contributed by atoms with E-state index in [1.165, 1.54) is 0 Å². The first-order chi connectivity index (χ1) is 10.4. The summed E-state index contributed by atoms with van der Waals surface area (Å²) in [6, 6.07) is 0. The maximum atomic E-state index is 11.6. The Morgan fingerprint density at radius 3 is 2.50 bits per heavy atom. The molecular formula is C16H28N2O4. The lowest BCUT2D eigenvalue weighted by molar-refractivity contribution is -0.0497. The van der Waals surface area contributed by atoms with Crippen LogP contribution < -0.4 is 0 Å². The molecule has 1 aliphatic rings. The standard InChI is InChI=1S/C16H28N2O4/c1-5-16(4,6-2)22-13-14(19)12-17-8-10-18(11-9-17)15(20)21-7-3/h1,14,19H,6-13H2,2-4H3/t14-,16-/m1/s1. The zero-order chi connectivity index (χ0) is 16.6. The minimum absolute atomic E-state index is 0.215. The van der Waals surface area contributed by atoms with Crippen molar-refractivity contribution < 1.29 is 19.4 Å². The van der Waals surface area contributed by atoms with Crippen molar-refractivity contribution in [3.8, 4) is 12.3 Å². The molecule has 1 N–H and O–H groups in total. The topological polar surface area (TPSA) is 62.2 Å². The number of ether oxygens (including phenoxy) is 2. The molecule has 1 amide bonds. The second kappa shape index (κ2) is 8.99. The van der Waals surface area contributed by atoms with Crippen LogP contribution in [0.25, 0.3) is 0 Å². The fourth-order valence-corrected chi connectivity index (χ4v) is 2.20. The third kappa shape index (κ3) is 5.84. The van der Waals surface area contributed by atoms with Crippen molar-refractivity contribution in [2.24, 2.45) is 0 Å². The Morgan fingerprint density at radius 2 is 2.00 bits per heavy atom. The molecule has 6 nitrogen and oxygen atoms in total. The number of aliphatic hydroxyl groups is 1. The lowest BCUT2D eigenvalue weighted by Gasteiger charge is -2.35. The molecule has 0 aromatic heterocycles. The van der Waals surface area contributed by atoms with Gasteiger partial charge in [0.2, 0.25) is 0 Å². The molecule has 1 fully saturated rings. The Morgan fingerprint density at radius 1 is 1.36 bits per heavy atom. The van der Waals surface area contributed by atoms with E-state index in [1.807, 2.05) is 13.8 Å². The van der Waals surface area contributed by atoms with Gasteiger partial charge in [-0.25, -0.2) is 4.79 Å². The zero-order valence-electron chi connectivity index (χ0n) is 13.9. The number of rotatable bonds is 7. The molecule has 0 radical (unpaired) electrons. The summed E-state index contributed by atoms with van der Waals surface area (Å²) in [5, 5.41) is 10.1. The average Bonchev–Trinajstić information content (AvgIpc) is 2.53. The van der Waals surface area contributed by atoms with Gasteiger partial charge in [-0.05, 0) is 20.3 Å². The van der Waals surface area contributed by atoms with Crippen molar-refractivity contribution >= 4 is 6.09 Å². The van der Waals surface area contributed by atoms with Gasteiger partial charge in [0.05, 0.1) is 19.3 Å². The minimum Gasteiger partial charge on any atom is -0.450 e. The highest BCUT2D eigenvalue weighted by molar-refractivity contribution is 5.67. The third-order valence-corrected chi connectivity index (χ3v) is 3.94. The van der Waals surface area contributed by atoms with Crippen molar-refractivity contribution in [3.63, 3.8) is 0 Å². The van der Waals surface area contributed by atoms with E-state index in [1.54, 1.807) is 11.8 Å². The van der Waals surface area contributed by atoms with E-state index in [9.17, 15) is 9.90 Å². The van der Waals surface area contributed by atoms with E-state index in [-0.39, 0.29) is 12.7 Å². The first-order valence-corrected chi connectivity index (χ1v) is 7.88. The van der Waals surface area contributed by atoms with E-state index < -0.39 is 11.7 Å². The van der Waals surface area contributed by atoms with E-state index in [0.29, 0.717) is 32.7 Å². The molecule has 0 aromatic rings. The number of carbonyl (C=O) groups is 1. The van der Waals surface area contributed by atoms with Crippen LogP contribution in [0.2, 0.25) is 0 Å². The zero-order valence-corrected chi connectivity index (χ0v) is 13.9. The number of piperazine rings is 1. The van der Waals surface area contributed by atoms with Crippen LogP contribution in [-0.2, 0) is 9.47 Å². The van der Waals surface area contributed by atoms with E-state index in [2.05, 4.69) is 10.8 Å².